The monoisotopic (exact) mass is 165 g/mol. The van der Waals surface area contributed by atoms with Crippen LogP contribution in [0.2, 0.25) is 0 Å². The van der Waals surface area contributed by atoms with Crippen molar-refractivity contribution >= 4 is 6.21 Å². The van der Waals surface area contributed by atoms with Gasteiger partial charge in [0.2, 0.25) is 0 Å². The third-order valence-corrected chi connectivity index (χ3v) is 2.12. The first-order valence-corrected chi connectivity index (χ1v) is 3.71. The van der Waals surface area contributed by atoms with E-state index in [1.807, 2.05) is 24.1 Å². The van der Waals surface area contributed by atoms with Crippen LogP contribution in [0.3, 0.4) is 0 Å². The van der Waals surface area contributed by atoms with Crippen LogP contribution in [-0.2, 0) is 0 Å². The molecule has 0 aliphatic carbocycles. The maximum absolute atomic E-state index is 8.92. The Morgan fingerprint density at radius 1 is 1.75 bits per heavy atom. The van der Waals surface area contributed by atoms with Crippen molar-refractivity contribution in [2.24, 2.45) is 5.16 Å². The maximum Gasteiger partial charge on any atom is 0.151 e. The summed E-state index contributed by atoms with van der Waals surface area (Å²) in [4.78, 5) is 1.84. The molecule has 1 rings (SSSR count). The summed E-state index contributed by atoms with van der Waals surface area (Å²) in [5, 5.41) is 20.2. The summed E-state index contributed by atoms with van der Waals surface area (Å²) < 4.78 is 0. The van der Waals surface area contributed by atoms with E-state index in [2.05, 4.69) is 11.2 Å². The van der Waals surface area contributed by atoms with Gasteiger partial charge in [-0.3, -0.25) is 4.90 Å². The molecule has 0 fully saturated rings. The lowest BCUT2D eigenvalue weighted by Crippen LogP contribution is -2.48. The first-order chi connectivity index (χ1) is 5.75. The van der Waals surface area contributed by atoms with E-state index in [0.29, 0.717) is 13.0 Å². The van der Waals surface area contributed by atoms with Crippen LogP contribution in [0, 0.1) is 11.3 Å². The van der Waals surface area contributed by atoms with E-state index in [9.17, 15) is 0 Å². The Bertz CT molecular complexity index is 254. The Hall–Kier alpha value is -1.34. The summed E-state index contributed by atoms with van der Waals surface area (Å²) in [6, 6.07) is 2.13. The molecule has 4 heteroatoms. The minimum atomic E-state index is -0.760. The molecule has 0 bridgehead atoms. The molecular weight excluding hydrogens is 154 g/mol. The topological polar surface area (TPSA) is 59.6 Å². The second-order valence-electron chi connectivity index (χ2n) is 2.84. The van der Waals surface area contributed by atoms with Gasteiger partial charge in [-0.15, -0.1) is 0 Å². The smallest absolute Gasteiger partial charge is 0.151 e. The predicted molar refractivity (Wildman–Crippen MR) is 45.0 cm³/mol. The number of likely N-dealkylation sites (N-methyl/N-ethyl adjacent to an activating group) is 1. The van der Waals surface area contributed by atoms with Gasteiger partial charge in [0.25, 0.3) is 0 Å². The van der Waals surface area contributed by atoms with E-state index >= 15 is 0 Å². The number of nitriles is 1. The normalized spacial score (nSPS) is 30.7. The molecule has 0 saturated heterocycles. The molecule has 0 saturated carbocycles. The minimum Gasteiger partial charge on any atom is -0.411 e. The summed E-state index contributed by atoms with van der Waals surface area (Å²) in [5.41, 5.74) is -0.760. The fourth-order valence-corrected chi connectivity index (χ4v) is 1.22. The van der Waals surface area contributed by atoms with Crippen molar-refractivity contribution in [2.45, 2.75) is 12.0 Å². The predicted octanol–water partition coefficient (Wildman–Crippen LogP) is 0.600. The van der Waals surface area contributed by atoms with Crippen molar-refractivity contribution in [1.82, 2.24) is 4.90 Å². The van der Waals surface area contributed by atoms with Crippen LogP contribution in [0.5, 0.6) is 0 Å². The molecule has 64 valence electrons. The molecule has 1 aliphatic heterocycles. The van der Waals surface area contributed by atoms with E-state index in [1.54, 1.807) is 0 Å². The summed E-state index contributed by atoms with van der Waals surface area (Å²) in [5.74, 6) is 0. The fraction of sp³-hybridized carbons (Fsp3) is 0.500. The van der Waals surface area contributed by atoms with Crippen LogP contribution in [0.1, 0.15) is 6.42 Å². The van der Waals surface area contributed by atoms with E-state index in [1.165, 1.54) is 6.21 Å². The average molecular weight is 165 g/mol. The number of hydrogen-bond donors (Lipinski definition) is 1. The van der Waals surface area contributed by atoms with Crippen molar-refractivity contribution in [3.8, 4) is 6.07 Å². The highest BCUT2D eigenvalue weighted by atomic mass is 16.4. The highest BCUT2D eigenvalue weighted by Crippen LogP contribution is 2.19. The number of rotatable bonds is 1. The third kappa shape index (κ3) is 1.31. The molecule has 4 nitrogen and oxygen atoms in total. The first kappa shape index (κ1) is 8.75. The van der Waals surface area contributed by atoms with Crippen molar-refractivity contribution in [3.63, 3.8) is 0 Å². The second-order valence-corrected chi connectivity index (χ2v) is 2.84. The van der Waals surface area contributed by atoms with Gasteiger partial charge in [-0.25, -0.2) is 0 Å². The molecule has 1 N–H and O–H groups in total. The molecular formula is C8H11N3O. The second kappa shape index (κ2) is 3.37. The SMILES string of the molecule is CN1CC=CCC1(C#N)/C=N\O. The van der Waals surface area contributed by atoms with Gasteiger partial charge in [-0.2, -0.15) is 5.26 Å². The molecule has 0 spiro atoms. The molecule has 1 unspecified atom stereocenters. The summed E-state index contributed by atoms with van der Waals surface area (Å²) in [7, 11) is 1.83. The van der Waals surface area contributed by atoms with Crippen molar-refractivity contribution < 1.29 is 5.21 Å². The molecule has 1 aliphatic rings. The summed E-state index contributed by atoms with van der Waals surface area (Å²) >= 11 is 0. The highest BCUT2D eigenvalue weighted by Gasteiger charge is 2.33. The zero-order valence-electron chi connectivity index (χ0n) is 6.94. The van der Waals surface area contributed by atoms with Crippen LogP contribution in [-0.4, -0.2) is 35.5 Å². The van der Waals surface area contributed by atoms with Crippen molar-refractivity contribution in [1.29, 1.82) is 5.26 Å². The van der Waals surface area contributed by atoms with E-state index in [0.717, 1.165) is 0 Å². The van der Waals surface area contributed by atoms with Crippen LogP contribution in [0.15, 0.2) is 17.3 Å². The lowest BCUT2D eigenvalue weighted by atomic mass is 9.94. The average Bonchev–Trinajstić information content (AvgIpc) is 2.10. The number of hydrogen-bond acceptors (Lipinski definition) is 4. The van der Waals surface area contributed by atoms with Gasteiger partial charge in [0.1, 0.15) is 0 Å². The van der Waals surface area contributed by atoms with Gasteiger partial charge in [0.15, 0.2) is 5.54 Å². The molecule has 0 aromatic carbocycles. The van der Waals surface area contributed by atoms with Gasteiger partial charge in [0, 0.05) is 13.0 Å². The molecule has 12 heavy (non-hydrogen) atoms. The van der Waals surface area contributed by atoms with Gasteiger partial charge >= 0.3 is 0 Å². The van der Waals surface area contributed by atoms with Crippen LogP contribution in [0.25, 0.3) is 0 Å². The van der Waals surface area contributed by atoms with Gasteiger partial charge < -0.3 is 5.21 Å². The number of oxime groups is 1. The lowest BCUT2D eigenvalue weighted by molar-refractivity contribution is 0.247. The molecule has 0 radical (unpaired) electrons. The standard InChI is InChI=1S/C8H11N3O/c1-11-5-3-2-4-8(11,6-9)7-10-12/h2-3,7,12H,4-5H2,1H3/b10-7-. The Morgan fingerprint density at radius 2 is 2.50 bits per heavy atom. The maximum atomic E-state index is 8.92. The molecule has 1 heterocycles. The van der Waals surface area contributed by atoms with E-state index in [-0.39, 0.29) is 0 Å². The van der Waals surface area contributed by atoms with Crippen molar-refractivity contribution in [3.05, 3.63) is 12.2 Å². The minimum absolute atomic E-state index is 0.573. The van der Waals surface area contributed by atoms with Gasteiger partial charge in [-0.1, -0.05) is 17.3 Å². The molecule has 0 aromatic rings. The Morgan fingerprint density at radius 3 is 3.00 bits per heavy atom. The molecule has 0 amide bonds. The molecule has 0 aromatic heterocycles. The largest absolute Gasteiger partial charge is 0.411 e. The summed E-state index contributed by atoms with van der Waals surface area (Å²) in [6.07, 6.45) is 5.76. The van der Waals surface area contributed by atoms with E-state index < -0.39 is 5.54 Å². The van der Waals surface area contributed by atoms with Crippen LogP contribution < -0.4 is 0 Å². The van der Waals surface area contributed by atoms with Crippen molar-refractivity contribution in [2.75, 3.05) is 13.6 Å². The van der Waals surface area contributed by atoms with Gasteiger partial charge in [0.05, 0.1) is 12.3 Å². The Kier molecular flexibility index (Phi) is 2.46. The van der Waals surface area contributed by atoms with Crippen LogP contribution >= 0.6 is 0 Å². The fourth-order valence-electron chi connectivity index (χ4n) is 1.22. The lowest BCUT2D eigenvalue weighted by Gasteiger charge is -2.33. The van der Waals surface area contributed by atoms with Crippen LogP contribution in [0.4, 0.5) is 0 Å². The van der Waals surface area contributed by atoms with Gasteiger partial charge in [-0.05, 0) is 7.05 Å². The molecule has 1 atom stereocenters. The quantitative estimate of drug-likeness (QED) is 0.268. The zero-order chi connectivity index (χ0) is 9.03. The number of nitrogens with zero attached hydrogens (tertiary/aromatic N) is 3. The highest BCUT2D eigenvalue weighted by molar-refractivity contribution is 5.74. The van der Waals surface area contributed by atoms with E-state index in [4.69, 9.17) is 10.5 Å². The zero-order valence-corrected chi connectivity index (χ0v) is 6.94. The third-order valence-electron chi connectivity index (χ3n) is 2.12. The first-order valence-electron chi connectivity index (χ1n) is 3.71. The Labute approximate surface area is 71.4 Å². The Balaban J connectivity index is 2.92. The summed E-state index contributed by atoms with van der Waals surface area (Å²) in [6.45, 7) is 0.708.